The molecule has 0 unspecified atom stereocenters. The predicted octanol–water partition coefficient (Wildman–Crippen LogP) is 3.07. The van der Waals surface area contributed by atoms with Gasteiger partial charge in [-0.3, -0.25) is 0 Å². The van der Waals surface area contributed by atoms with Gasteiger partial charge in [0.2, 0.25) is 0 Å². The third-order valence-corrected chi connectivity index (χ3v) is 3.57. The van der Waals surface area contributed by atoms with Gasteiger partial charge >= 0.3 is 0 Å². The first-order valence-corrected chi connectivity index (χ1v) is 6.50. The molecule has 2 radical (unpaired) electrons. The molecule has 1 rings (SSSR count). The molecule has 0 saturated heterocycles. The zero-order chi connectivity index (χ0) is 10.8. The normalized spacial score (nSPS) is 12.1. The zero-order valence-electron chi connectivity index (χ0n) is 8.64. The van der Waals surface area contributed by atoms with Crippen LogP contribution < -0.4 is 5.19 Å². The molecule has 0 N–H and O–H groups in total. The molecule has 0 heterocycles. The second kappa shape index (κ2) is 4.69. The molecule has 0 aromatic heterocycles. The Labute approximate surface area is 98.4 Å². The van der Waals surface area contributed by atoms with Gasteiger partial charge in [-0.1, -0.05) is 50.2 Å². The second-order valence-corrected chi connectivity index (χ2v) is 7.54. The topological polar surface area (TPSA) is 0 Å². The molecule has 0 fully saturated rings. The van der Waals surface area contributed by atoms with Crippen LogP contribution in [0.3, 0.4) is 0 Å². The van der Waals surface area contributed by atoms with E-state index in [0.717, 1.165) is 0 Å². The average Bonchev–Trinajstić information content (AvgIpc) is 2.02. The maximum atomic E-state index is 5.72. The van der Waals surface area contributed by atoms with Crippen LogP contribution in [0.15, 0.2) is 24.3 Å². The van der Waals surface area contributed by atoms with Crippen LogP contribution in [0.2, 0.25) is 0 Å². The number of alkyl halides is 2. The van der Waals surface area contributed by atoms with E-state index in [-0.39, 0.29) is 9.87 Å². The Morgan fingerprint density at radius 2 is 1.57 bits per heavy atom. The van der Waals surface area contributed by atoms with E-state index in [2.05, 4.69) is 45.0 Å². The summed E-state index contributed by atoms with van der Waals surface area (Å²) in [6.07, 6.45) is 0. The van der Waals surface area contributed by atoms with Crippen LogP contribution in [-0.2, 0) is 5.41 Å². The quantitative estimate of drug-likeness (QED) is 0.555. The number of rotatable bonds is 2. The summed E-state index contributed by atoms with van der Waals surface area (Å²) >= 11 is 11.4. The van der Waals surface area contributed by atoms with E-state index in [0.29, 0.717) is 9.52 Å². The van der Waals surface area contributed by atoms with Crippen molar-refractivity contribution >= 4 is 37.9 Å². The van der Waals surface area contributed by atoms with Crippen molar-refractivity contribution in [2.75, 3.05) is 0 Å². The molecule has 0 aliphatic carbocycles. The molecular weight excluding hydrogens is 231 g/mol. The van der Waals surface area contributed by atoms with Crippen molar-refractivity contribution in [3.05, 3.63) is 29.8 Å². The Bertz CT molecular complexity index is 285. The summed E-state index contributed by atoms with van der Waals surface area (Å²) < 4.78 is -0.282. The number of hydrogen-bond acceptors (Lipinski definition) is 0. The van der Waals surface area contributed by atoms with Crippen molar-refractivity contribution in [1.82, 2.24) is 0 Å². The lowest BCUT2D eigenvalue weighted by Gasteiger charge is -2.19. The molecule has 1 aromatic carbocycles. The van der Waals surface area contributed by atoms with Crippen molar-refractivity contribution in [1.29, 1.82) is 0 Å². The Hall–Kier alpha value is 0.0169. The van der Waals surface area contributed by atoms with Crippen molar-refractivity contribution in [2.24, 2.45) is 0 Å². The fraction of sp³-hybridized carbons (Fsp3) is 0.455. The molecule has 0 atom stereocenters. The summed E-state index contributed by atoms with van der Waals surface area (Å²) in [5.41, 5.74) is 1.55. The molecule has 0 saturated carbocycles. The summed E-state index contributed by atoms with van der Waals surface area (Å²) in [6, 6.07) is 8.52. The highest BCUT2D eigenvalue weighted by Gasteiger charge is 2.13. The second-order valence-electron chi connectivity index (χ2n) is 4.27. The molecule has 1 aromatic rings. The first kappa shape index (κ1) is 12.1. The Morgan fingerprint density at radius 1 is 1.07 bits per heavy atom. The van der Waals surface area contributed by atoms with Gasteiger partial charge in [-0.15, -0.1) is 23.2 Å². The molecular formula is C11H14Cl2Si. The van der Waals surface area contributed by atoms with Crippen molar-refractivity contribution in [3.63, 3.8) is 0 Å². The van der Waals surface area contributed by atoms with Gasteiger partial charge in [0, 0.05) is 0 Å². The molecule has 0 amide bonds. The van der Waals surface area contributed by atoms with Crippen LogP contribution in [0.25, 0.3) is 0 Å². The monoisotopic (exact) mass is 244 g/mol. The van der Waals surface area contributed by atoms with Gasteiger partial charge in [0.1, 0.15) is 9.52 Å². The third-order valence-electron chi connectivity index (χ3n) is 2.03. The lowest BCUT2D eigenvalue weighted by Crippen LogP contribution is -2.21. The predicted molar refractivity (Wildman–Crippen MR) is 66.0 cm³/mol. The highest BCUT2D eigenvalue weighted by molar-refractivity contribution is 6.75. The summed E-state index contributed by atoms with van der Waals surface area (Å²) in [5.74, 6) is 0. The SMILES string of the molecule is CC(C)(C)c1ccc([Si]C(Cl)Cl)cc1. The Kier molecular flexibility index (Phi) is 4.05. The minimum atomic E-state index is -0.282. The number of benzene rings is 1. The standard InChI is InChI=1S/C11H14Cl2Si/c1-11(2,3)8-4-6-9(7-5-8)14-10(12)13/h4-7,10H,1-3H3. The van der Waals surface area contributed by atoms with Gasteiger partial charge in [0.25, 0.3) is 0 Å². The van der Waals surface area contributed by atoms with Gasteiger partial charge < -0.3 is 0 Å². The highest BCUT2D eigenvalue weighted by Crippen LogP contribution is 2.20. The van der Waals surface area contributed by atoms with Crippen LogP contribution >= 0.6 is 23.2 Å². The maximum absolute atomic E-state index is 5.72. The summed E-state index contributed by atoms with van der Waals surface area (Å²) in [6.45, 7) is 6.61. The minimum Gasteiger partial charge on any atom is -0.110 e. The maximum Gasteiger partial charge on any atom is 0.124 e. The van der Waals surface area contributed by atoms with E-state index in [1.807, 2.05) is 0 Å². The Balaban J connectivity index is 2.79. The lowest BCUT2D eigenvalue weighted by molar-refractivity contribution is 0.590. The fourth-order valence-electron chi connectivity index (χ4n) is 1.19. The van der Waals surface area contributed by atoms with E-state index in [1.165, 1.54) is 10.8 Å². The summed E-state index contributed by atoms with van der Waals surface area (Å²) in [5, 5.41) is 1.22. The molecule has 0 nitrogen and oxygen atoms in total. The van der Waals surface area contributed by atoms with Gasteiger partial charge in [0.05, 0.1) is 4.46 Å². The first-order chi connectivity index (χ1) is 6.39. The van der Waals surface area contributed by atoms with Gasteiger partial charge in [-0.05, 0) is 11.0 Å². The molecule has 3 heteroatoms. The van der Waals surface area contributed by atoms with Crippen molar-refractivity contribution in [2.45, 2.75) is 30.6 Å². The van der Waals surface area contributed by atoms with Crippen LogP contribution in [-0.4, -0.2) is 14.0 Å². The van der Waals surface area contributed by atoms with Crippen LogP contribution in [0.5, 0.6) is 0 Å². The largest absolute Gasteiger partial charge is 0.124 e. The third kappa shape index (κ3) is 3.64. The lowest BCUT2D eigenvalue weighted by atomic mass is 9.87. The summed E-state index contributed by atoms with van der Waals surface area (Å²) in [7, 11) is 0.472. The van der Waals surface area contributed by atoms with E-state index in [4.69, 9.17) is 23.2 Å². The molecule has 0 aliphatic rings. The average molecular weight is 245 g/mol. The van der Waals surface area contributed by atoms with Gasteiger partial charge in [-0.25, -0.2) is 0 Å². The van der Waals surface area contributed by atoms with Crippen LogP contribution in [0, 0.1) is 0 Å². The molecule has 14 heavy (non-hydrogen) atoms. The highest BCUT2D eigenvalue weighted by atomic mass is 35.5. The van der Waals surface area contributed by atoms with Crippen molar-refractivity contribution < 1.29 is 0 Å². The number of halogens is 2. The Morgan fingerprint density at radius 3 is 1.93 bits per heavy atom. The zero-order valence-corrected chi connectivity index (χ0v) is 11.2. The smallest absolute Gasteiger partial charge is 0.110 e. The molecule has 0 bridgehead atoms. The molecule has 76 valence electrons. The van der Waals surface area contributed by atoms with Crippen LogP contribution in [0.4, 0.5) is 0 Å². The fourth-order valence-corrected chi connectivity index (χ4v) is 2.56. The summed E-state index contributed by atoms with van der Waals surface area (Å²) in [4.78, 5) is 0. The molecule has 0 spiro atoms. The van der Waals surface area contributed by atoms with E-state index >= 15 is 0 Å². The van der Waals surface area contributed by atoms with Gasteiger partial charge in [0.15, 0.2) is 0 Å². The van der Waals surface area contributed by atoms with Crippen LogP contribution in [0.1, 0.15) is 26.3 Å². The molecule has 0 aliphatic heterocycles. The van der Waals surface area contributed by atoms with E-state index < -0.39 is 0 Å². The van der Waals surface area contributed by atoms with E-state index in [9.17, 15) is 0 Å². The van der Waals surface area contributed by atoms with E-state index in [1.54, 1.807) is 0 Å². The first-order valence-electron chi connectivity index (χ1n) is 4.55. The van der Waals surface area contributed by atoms with Crippen molar-refractivity contribution in [3.8, 4) is 0 Å². The minimum absolute atomic E-state index is 0.211. The number of hydrogen-bond donors (Lipinski definition) is 0. The van der Waals surface area contributed by atoms with Gasteiger partial charge in [-0.2, -0.15) is 0 Å².